The van der Waals surface area contributed by atoms with Crippen LogP contribution in [0.15, 0.2) is 51.5 Å². The van der Waals surface area contributed by atoms with Crippen molar-refractivity contribution in [2.45, 2.75) is 17.1 Å². The van der Waals surface area contributed by atoms with Gasteiger partial charge in [0.15, 0.2) is 11.5 Å². The Kier molecular flexibility index (Phi) is 3.19. The largest absolute Gasteiger partial charge is 0.469 e. The van der Waals surface area contributed by atoms with Gasteiger partial charge >= 0.3 is 0 Å². The summed E-state index contributed by atoms with van der Waals surface area (Å²) in [6.45, 7) is 1.85. The maximum absolute atomic E-state index is 6.10. The average molecular weight is 325 g/mol. The van der Waals surface area contributed by atoms with E-state index in [1.54, 1.807) is 24.7 Å². The summed E-state index contributed by atoms with van der Waals surface area (Å²) < 4.78 is 6.70. The highest BCUT2D eigenvalue weighted by atomic mass is 32.2. The molecule has 2 N–H and O–H groups in total. The molecule has 4 aromatic rings. The average Bonchev–Trinajstić information content (AvgIpc) is 3.14. The zero-order chi connectivity index (χ0) is 15.8. The molecule has 0 fully saturated rings. The van der Waals surface area contributed by atoms with Gasteiger partial charge in [0.2, 0.25) is 5.16 Å². The van der Waals surface area contributed by atoms with Crippen molar-refractivity contribution in [3.05, 3.63) is 42.6 Å². The minimum Gasteiger partial charge on any atom is -0.469 e. The summed E-state index contributed by atoms with van der Waals surface area (Å²) in [5.41, 5.74) is 2.12. The van der Waals surface area contributed by atoms with E-state index in [2.05, 4.69) is 25.1 Å². The zero-order valence-corrected chi connectivity index (χ0v) is 12.9. The summed E-state index contributed by atoms with van der Waals surface area (Å²) in [5, 5.41) is 9.49. The number of furan rings is 1. The first-order chi connectivity index (χ1) is 11.2. The molecule has 23 heavy (non-hydrogen) atoms. The SMILES string of the molecule is Cc1occc1-c1nnc(Sc2ccc3nccnc3n2)n1N. The summed E-state index contributed by atoms with van der Waals surface area (Å²) in [6, 6.07) is 5.51. The maximum Gasteiger partial charge on any atom is 0.216 e. The first-order valence-corrected chi connectivity index (χ1v) is 7.54. The van der Waals surface area contributed by atoms with E-state index in [4.69, 9.17) is 10.3 Å². The van der Waals surface area contributed by atoms with Crippen molar-refractivity contribution in [1.82, 2.24) is 29.8 Å². The van der Waals surface area contributed by atoms with Crippen LogP contribution in [0.2, 0.25) is 0 Å². The maximum atomic E-state index is 6.10. The van der Waals surface area contributed by atoms with Crippen LogP contribution >= 0.6 is 11.8 Å². The van der Waals surface area contributed by atoms with Crippen molar-refractivity contribution in [2.24, 2.45) is 0 Å². The van der Waals surface area contributed by atoms with E-state index in [1.807, 2.05) is 19.1 Å². The number of hydrogen-bond acceptors (Lipinski definition) is 8. The van der Waals surface area contributed by atoms with Crippen molar-refractivity contribution in [2.75, 3.05) is 5.84 Å². The van der Waals surface area contributed by atoms with Crippen LogP contribution in [0.25, 0.3) is 22.6 Å². The lowest BCUT2D eigenvalue weighted by atomic mass is 10.2. The van der Waals surface area contributed by atoms with Crippen molar-refractivity contribution in [1.29, 1.82) is 0 Å². The van der Waals surface area contributed by atoms with E-state index in [0.29, 0.717) is 21.7 Å². The molecule has 0 amide bonds. The first kappa shape index (κ1) is 13.7. The van der Waals surface area contributed by atoms with Gasteiger partial charge in [-0.1, -0.05) is 0 Å². The normalized spacial score (nSPS) is 11.2. The standard InChI is InChI=1S/C14H11N7OS/c1-8-9(4-7-22-8)13-19-20-14(21(13)15)23-11-3-2-10-12(18-11)17-6-5-16-10/h2-7H,15H2,1H3. The lowest BCUT2D eigenvalue weighted by molar-refractivity contribution is 0.535. The Morgan fingerprint density at radius 1 is 1.13 bits per heavy atom. The molecule has 4 rings (SSSR count). The smallest absolute Gasteiger partial charge is 0.216 e. The van der Waals surface area contributed by atoms with Crippen LogP contribution in [0.4, 0.5) is 0 Å². The summed E-state index contributed by atoms with van der Waals surface area (Å²) >= 11 is 1.31. The number of rotatable bonds is 3. The van der Waals surface area contributed by atoms with Crippen LogP contribution in [0.3, 0.4) is 0 Å². The van der Waals surface area contributed by atoms with E-state index in [-0.39, 0.29) is 0 Å². The minimum atomic E-state index is 0.524. The van der Waals surface area contributed by atoms with Crippen LogP contribution in [-0.4, -0.2) is 29.8 Å². The minimum absolute atomic E-state index is 0.524. The van der Waals surface area contributed by atoms with Crippen LogP contribution in [0.1, 0.15) is 5.76 Å². The molecule has 0 spiro atoms. The Balaban J connectivity index is 1.68. The Morgan fingerprint density at radius 3 is 2.83 bits per heavy atom. The quantitative estimate of drug-likeness (QED) is 0.570. The fourth-order valence-corrected chi connectivity index (χ4v) is 2.86. The topological polar surface area (TPSA) is 109 Å². The molecule has 4 heterocycles. The molecule has 114 valence electrons. The highest BCUT2D eigenvalue weighted by Gasteiger charge is 2.16. The summed E-state index contributed by atoms with van der Waals surface area (Å²) in [6.07, 6.45) is 4.83. The Bertz CT molecular complexity index is 994. The van der Waals surface area contributed by atoms with Crippen LogP contribution < -0.4 is 5.84 Å². The number of hydrogen-bond donors (Lipinski definition) is 1. The molecule has 0 unspecified atom stereocenters. The Labute approximate surface area is 134 Å². The predicted octanol–water partition coefficient (Wildman–Crippen LogP) is 2.05. The van der Waals surface area contributed by atoms with Gasteiger partial charge < -0.3 is 10.3 Å². The predicted molar refractivity (Wildman–Crippen MR) is 84.1 cm³/mol. The third kappa shape index (κ3) is 2.40. The third-order valence-electron chi connectivity index (χ3n) is 3.27. The second-order valence-electron chi connectivity index (χ2n) is 4.72. The molecule has 0 bridgehead atoms. The lowest BCUT2D eigenvalue weighted by Gasteiger charge is -2.03. The fourth-order valence-electron chi connectivity index (χ4n) is 2.13. The highest BCUT2D eigenvalue weighted by molar-refractivity contribution is 7.99. The van der Waals surface area contributed by atoms with Crippen molar-refractivity contribution in [3.8, 4) is 11.4 Å². The van der Waals surface area contributed by atoms with Crippen LogP contribution in [-0.2, 0) is 0 Å². The second-order valence-corrected chi connectivity index (χ2v) is 5.70. The van der Waals surface area contributed by atoms with E-state index >= 15 is 0 Å². The lowest BCUT2D eigenvalue weighted by Crippen LogP contribution is -2.11. The van der Waals surface area contributed by atoms with E-state index < -0.39 is 0 Å². The van der Waals surface area contributed by atoms with E-state index in [9.17, 15) is 0 Å². The van der Waals surface area contributed by atoms with Gasteiger partial charge in [0.05, 0.1) is 11.8 Å². The van der Waals surface area contributed by atoms with Crippen molar-refractivity contribution in [3.63, 3.8) is 0 Å². The molecule has 4 aromatic heterocycles. The number of aryl methyl sites for hydroxylation is 1. The van der Waals surface area contributed by atoms with Crippen LogP contribution in [0, 0.1) is 6.92 Å². The number of nitrogens with zero attached hydrogens (tertiary/aromatic N) is 6. The zero-order valence-electron chi connectivity index (χ0n) is 12.0. The number of nitrogen functional groups attached to an aromatic ring is 1. The Hall–Kier alpha value is -2.94. The van der Waals surface area contributed by atoms with Gasteiger partial charge in [0.1, 0.15) is 16.3 Å². The van der Waals surface area contributed by atoms with Crippen LogP contribution in [0.5, 0.6) is 0 Å². The summed E-state index contributed by atoms with van der Waals surface area (Å²) in [7, 11) is 0. The van der Waals surface area contributed by atoms with Gasteiger partial charge in [0, 0.05) is 12.4 Å². The third-order valence-corrected chi connectivity index (χ3v) is 4.16. The molecule has 0 saturated carbocycles. The molecule has 0 aliphatic carbocycles. The van der Waals surface area contributed by atoms with Gasteiger partial charge in [-0.05, 0) is 36.9 Å². The van der Waals surface area contributed by atoms with E-state index in [1.165, 1.54) is 16.4 Å². The summed E-state index contributed by atoms with van der Waals surface area (Å²) in [4.78, 5) is 12.8. The first-order valence-electron chi connectivity index (χ1n) is 6.73. The number of fused-ring (bicyclic) bond motifs is 1. The van der Waals surface area contributed by atoms with Crippen molar-refractivity contribution >= 4 is 22.9 Å². The Morgan fingerprint density at radius 2 is 2.00 bits per heavy atom. The fraction of sp³-hybridized carbons (Fsp3) is 0.0714. The molecular formula is C14H11N7OS. The molecular weight excluding hydrogens is 314 g/mol. The van der Waals surface area contributed by atoms with Gasteiger partial charge in [-0.3, -0.25) is 4.98 Å². The number of nitrogens with two attached hydrogens (primary N) is 1. The van der Waals surface area contributed by atoms with Crippen molar-refractivity contribution < 1.29 is 4.42 Å². The van der Waals surface area contributed by atoms with Gasteiger partial charge in [-0.2, -0.15) is 0 Å². The van der Waals surface area contributed by atoms with E-state index in [0.717, 1.165) is 16.8 Å². The highest BCUT2D eigenvalue weighted by Crippen LogP contribution is 2.28. The monoisotopic (exact) mass is 325 g/mol. The molecule has 9 heteroatoms. The molecule has 0 atom stereocenters. The number of pyridine rings is 1. The second kappa shape index (κ2) is 5.36. The molecule has 0 aromatic carbocycles. The molecule has 0 aliphatic heterocycles. The van der Waals surface area contributed by atoms with Gasteiger partial charge in [-0.15, -0.1) is 10.2 Å². The van der Waals surface area contributed by atoms with Gasteiger partial charge in [-0.25, -0.2) is 14.6 Å². The summed E-state index contributed by atoms with van der Waals surface area (Å²) in [5.74, 6) is 7.37. The molecule has 8 nitrogen and oxygen atoms in total. The van der Waals surface area contributed by atoms with Gasteiger partial charge in [0.25, 0.3) is 0 Å². The molecule has 0 radical (unpaired) electrons. The molecule has 0 saturated heterocycles. The molecule has 0 aliphatic rings. The number of aromatic nitrogens is 6.